The van der Waals surface area contributed by atoms with Crippen LogP contribution in [-0.2, 0) is 6.42 Å². The summed E-state index contributed by atoms with van der Waals surface area (Å²) in [6.07, 6.45) is 1.82. The molecule has 1 heterocycles. The number of hydrogen-bond acceptors (Lipinski definition) is 3. The van der Waals surface area contributed by atoms with Crippen molar-refractivity contribution >= 4 is 17.6 Å². The Bertz CT molecular complexity index is 622. The highest BCUT2D eigenvalue weighted by atomic mass is 35.5. The average Bonchev–Trinajstić information content (AvgIpc) is 2.73. The number of carboxylic acid groups (broad SMARTS) is 1. The Morgan fingerprint density at radius 1 is 1.47 bits per heavy atom. The SMILES string of the molecule is Cc1ccc(-n2cc(CCO)c(C(=O)O)n2)c(Cl)c1. The Kier molecular flexibility index (Phi) is 3.87. The second kappa shape index (κ2) is 5.42. The van der Waals surface area contributed by atoms with Crippen LogP contribution in [0.2, 0.25) is 5.02 Å². The van der Waals surface area contributed by atoms with Gasteiger partial charge in [0.25, 0.3) is 0 Å². The minimum Gasteiger partial charge on any atom is -0.476 e. The molecular weight excluding hydrogens is 268 g/mol. The first-order chi connectivity index (χ1) is 9.02. The Labute approximate surface area is 115 Å². The van der Waals surface area contributed by atoms with Crippen LogP contribution in [0.4, 0.5) is 0 Å². The number of aromatic carboxylic acids is 1. The maximum Gasteiger partial charge on any atom is 0.356 e. The predicted molar refractivity (Wildman–Crippen MR) is 71.1 cm³/mol. The van der Waals surface area contributed by atoms with E-state index in [9.17, 15) is 4.79 Å². The number of hydrogen-bond donors (Lipinski definition) is 2. The zero-order chi connectivity index (χ0) is 14.0. The van der Waals surface area contributed by atoms with Gasteiger partial charge in [0.15, 0.2) is 5.69 Å². The third-order valence-electron chi connectivity index (χ3n) is 2.72. The van der Waals surface area contributed by atoms with Crippen molar-refractivity contribution in [2.45, 2.75) is 13.3 Å². The lowest BCUT2D eigenvalue weighted by Gasteiger charge is -2.04. The molecule has 0 unspecified atom stereocenters. The van der Waals surface area contributed by atoms with Crippen LogP contribution in [0.15, 0.2) is 24.4 Å². The minimum atomic E-state index is -1.12. The first-order valence-electron chi connectivity index (χ1n) is 5.72. The lowest BCUT2D eigenvalue weighted by atomic mass is 10.2. The zero-order valence-electron chi connectivity index (χ0n) is 10.3. The number of rotatable bonds is 4. The molecule has 100 valence electrons. The number of halogens is 1. The lowest BCUT2D eigenvalue weighted by molar-refractivity contribution is 0.0688. The molecule has 0 atom stereocenters. The third-order valence-corrected chi connectivity index (χ3v) is 3.03. The van der Waals surface area contributed by atoms with Gasteiger partial charge in [0.1, 0.15) is 0 Å². The lowest BCUT2D eigenvalue weighted by Crippen LogP contribution is -2.04. The van der Waals surface area contributed by atoms with E-state index < -0.39 is 5.97 Å². The van der Waals surface area contributed by atoms with Gasteiger partial charge in [-0.05, 0) is 31.0 Å². The first-order valence-corrected chi connectivity index (χ1v) is 6.10. The molecule has 0 aliphatic heterocycles. The quantitative estimate of drug-likeness (QED) is 0.899. The van der Waals surface area contributed by atoms with Gasteiger partial charge in [0, 0.05) is 18.4 Å². The Balaban J connectivity index is 2.50. The van der Waals surface area contributed by atoms with Crippen molar-refractivity contribution in [1.29, 1.82) is 0 Å². The molecule has 0 saturated carbocycles. The smallest absolute Gasteiger partial charge is 0.356 e. The molecule has 0 aliphatic rings. The third kappa shape index (κ3) is 2.77. The van der Waals surface area contributed by atoms with Crippen LogP contribution in [0.25, 0.3) is 5.69 Å². The molecule has 1 aromatic heterocycles. The number of aliphatic hydroxyl groups is 1. The summed E-state index contributed by atoms with van der Waals surface area (Å²) in [5.74, 6) is -1.12. The molecule has 0 fully saturated rings. The highest BCUT2D eigenvalue weighted by Gasteiger charge is 2.16. The van der Waals surface area contributed by atoms with Crippen LogP contribution in [0.5, 0.6) is 0 Å². The zero-order valence-corrected chi connectivity index (χ0v) is 11.1. The van der Waals surface area contributed by atoms with Gasteiger partial charge >= 0.3 is 5.97 Å². The average molecular weight is 281 g/mol. The fraction of sp³-hybridized carbons (Fsp3) is 0.231. The number of benzene rings is 1. The molecule has 1 aromatic carbocycles. The molecule has 6 heteroatoms. The fourth-order valence-electron chi connectivity index (χ4n) is 1.81. The van der Waals surface area contributed by atoms with Gasteiger partial charge in [0.05, 0.1) is 10.7 Å². The van der Waals surface area contributed by atoms with Crippen molar-refractivity contribution in [1.82, 2.24) is 9.78 Å². The Morgan fingerprint density at radius 2 is 2.21 bits per heavy atom. The highest BCUT2D eigenvalue weighted by molar-refractivity contribution is 6.32. The number of nitrogens with zero attached hydrogens (tertiary/aromatic N) is 2. The van der Waals surface area contributed by atoms with Crippen molar-refractivity contribution < 1.29 is 15.0 Å². The first kappa shape index (κ1) is 13.6. The van der Waals surface area contributed by atoms with Crippen molar-refractivity contribution in [3.8, 4) is 5.69 Å². The molecule has 19 heavy (non-hydrogen) atoms. The van der Waals surface area contributed by atoms with Gasteiger partial charge in [0.2, 0.25) is 0 Å². The predicted octanol–water partition coefficient (Wildman–Crippen LogP) is 2.07. The van der Waals surface area contributed by atoms with Crippen LogP contribution in [0.1, 0.15) is 21.6 Å². The maximum atomic E-state index is 11.1. The molecule has 0 radical (unpaired) electrons. The highest BCUT2D eigenvalue weighted by Crippen LogP contribution is 2.22. The molecule has 0 spiro atoms. The van der Waals surface area contributed by atoms with E-state index in [0.29, 0.717) is 16.3 Å². The topological polar surface area (TPSA) is 75.4 Å². The van der Waals surface area contributed by atoms with Crippen LogP contribution in [0.3, 0.4) is 0 Å². The Morgan fingerprint density at radius 3 is 2.79 bits per heavy atom. The number of carboxylic acids is 1. The van der Waals surface area contributed by atoms with Gasteiger partial charge in [-0.2, -0.15) is 5.10 Å². The van der Waals surface area contributed by atoms with Crippen molar-refractivity contribution in [3.05, 3.63) is 46.2 Å². The van der Waals surface area contributed by atoms with E-state index in [0.717, 1.165) is 5.56 Å². The molecule has 5 nitrogen and oxygen atoms in total. The number of aryl methyl sites for hydroxylation is 1. The van der Waals surface area contributed by atoms with Crippen LogP contribution >= 0.6 is 11.6 Å². The second-order valence-electron chi connectivity index (χ2n) is 4.18. The molecule has 2 aromatic rings. The summed E-state index contributed by atoms with van der Waals surface area (Å²) in [6, 6.07) is 5.43. The van der Waals surface area contributed by atoms with Gasteiger partial charge in [-0.1, -0.05) is 17.7 Å². The summed E-state index contributed by atoms with van der Waals surface area (Å²) in [7, 11) is 0. The molecule has 0 bridgehead atoms. The maximum absolute atomic E-state index is 11.1. The second-order valence-corrected chi connectivity index (χ2v) is 4.59. The summed E-state index contributed by atoms with van der Waals surface area (Å²) in [5.41, 5.74) is 2.03. The number of aromatic nitrogens is 2. The van der Waals surface area contributed by atoms with Crippen molar-refractivity contribution in [2.75, 3.05) is 6.61 Å². The van der Waals surface area contributed by atoms with E-state index in [1.807, 2.05) is 13.0 Å². The molecule has 0 aliphatic carbocycles. The van der Waals surface area contributed by atoms with E-state index in [4.69, 9.17) is 21.8 Å². The largest absolute Gasteiger partial charge is 0.476 e. The van der Waals surface area contributed by atoms with Gasteiger partial charge < -0.3 is 10.2 Å². The minimum absolute atomic E-state index is 0.0642. The number of carbonyl (C=O) groups is 1. The Hall–Kier alpha value is -1.85. The van der Waals surface area contributed by atoms with Crippen LogP contribution in [0, 0.1) is 6.92 Å². The van der Waals surface area contributed by atoms with E-state index in [-0.39, 0.29) is 18.7 Å². The van der Waals surface area contributed by atoms with E-state index in [2.05, 4.69) is 5.10 Å². The number of aliphatic hydroxyl groups excluding tert-OH is 1. The molecule has 0 amide bonds. The standard InChI is InChI=1S/C13H13ClN2O3/c1-8-2-3-11(10(14)6-8)16-7-9(4-5-17)12(15-16)13(18)19/h2-3,6-7,17H,4-5H2,1H3,(H,18,19). The molecule has 2 rings (SSSR count). The van der Waals surface area contributed by atoms with E-state index >= 15 is 0 Å². The van der Waals surface area contributed by atoms with Crippen LogP contribution < -0.4 is 0 Å². The van der Waals surface area contributed by atoms with Gasteiger partial charge in [-0.25, -0.2) is 9.48 Å². The monoisotopic (exact) mass is 280 g/mol. The van der Waals surface area contributed by atoms with Crippen LogP contribution in [-0.4, -0.2) is 32.6 Å². The summed E-state index contributed by atoms with van der Waals surface area (Å²) in [4.78, 5) is 11.1. The molecular formula is C13H13ClN2O3. The molecule has 2 N–H and O–H groups in total. The van der Waals surface area contributed by atoms with Gasteiger partial charge in [-0.15, -0.1) is 0 Å². The van der Waals surface area contributed by atoms with Crippen molar-refractivity contribution in [3.63, 3.8) is 0 Å². The molecule has 0 saturated heterocycles. The van der Waals surface area contributed by atoms with E-state index in [1.54, 1.807) is 18.3 Å². The summed E-state index contributed by atoms with van der Waals surface area (Å²) >= 11 is 6.12. The summed E-state index contributed by atoms with van der Waals surface area (Å²) in [6.45, 7) is 1.78. The van der Waals surface area contributed by atoms with Crippen molar-refractivity contribution in [2.24, 2.45) is 0 Å². The summed E-state index contributed by atoms with van der Waals surface area (Å²) < 4.78 is 1.43. The van der Waals surface area contributed by atoms with Gasteiger partial charge in [-0.3, -0.25) is 0 Å². The van der Waals surface area contributed by atoms with E-state index in [1.165, 1.54) is 4.68 Å². The normalized spacial score (nSPS) is 10.7. The summed E-state index contributed by atoms with van der Waals surface area (Å²) in [5, 5.41) is 22.5. The fourth-order valence-corrected chi connectivity index (χ4v) is 2.14.